The van der Waals surface area contributed by atoms with E-state index in [0.717, 1.165) is 44.2 Å². The maximum atomic E-state index is 14.2. The molecule has 258 valence electrons. The number of likely N-dealkylation sites (N-methyl/N-ethyl adjacent to an activating group) is 1. The van der Waals surface area contributed by atoms with Crippen molar-refractivity contribution >= 4 is 17.4 Å². The number of hydrogen-bond acceptors (Lipinski definition) is 4. The third kappa shape index (κ3) is 5.09. The second-order valence-corrected chi connectivity index (χ2v) is 17.5. The Morgan fingerprint density at radius 1 is 0.936 bits per heavy atom. The third-order valence-electron chi connectivity index (χ3n) is 15.5. The third-order valence-corrected chi connectivity index (χ3v) is 15.5. The molecule has 0 radical (unpaired) electrons. The highest BCUT2D eigenvalue weighted by Gasteiger charge is 2.71. The number of carboxylic acids is 1. The van der Waals surface area contributed by atoms with Gasteiger partial charge in [-0.15, -0.1) is 6.58 Å². The molecule has 0 saturated heterocycles. The SMILES string of the molecule is C=C[C@@H]1CC[C@]2(C(=O)NCCN(C)CCO)CC[C@]3(C)[C@H](CC[C@@H]4[C@@]5(C)CC=C(c6ccc(C(=O)O)cc6)C(C)(C)[C@@H]5CC[C@]43C)[C@@H]12. The van der Waals surface area contributed by atoms with Crippen LogP contribution in [-0.2, 0) is 4.79 Å². The number of carbonyl (C=O) groups excluding carboxylic acids is 1. The predicted octanol–water partition coefficient (Wildman–Crippen LogP) is 7.69. The van der Waals surface area contributed by atoms with Crippen LogP contribution >= 0.6 is 0 Å². The van der Waals surface area contributed by atoms with Gasteiger partial charge in [0.2, 0.25) is 5.91 Å². The number of carboxylic acid groups (broad SMARTS) is 1. The Morgan fingerprint density at radius 3 is 2.32 bits per heavy atom. The Bertz CT molecular complexity index is 1420. The number of aliphatic hydroxyl groups excluding tert-OH is 1. The molecule has 0 aliphatic heterocycles. The first-order chi connectivity index (χ1) is 22.2. The zero-order valence-electron chi connectivity index (χ0n) is 29.9. The number of nitrogens with zero attached hydrogens (tertiary/aromatic N) is 1. The molecular weight excluding hydrogens is 584 g/mol. The van der Waals surface area contributed by atoms with Crippen molar-refractivity contribution < 1.29 is 19.8 Å². The Kier molecular flexibility index (Phi) is 8.90. The molecule has 4 saturated carbocycles. The van der Waals surface area contributed by atoms with Gasteiger partial charge in [0.05, 0.1) is 17.6 Å². The minimum atomic E-state index is -0.878. The molecule has 0 heterocycles. The van der Waals surface area contributed by atoms with Crippen LogP contribution in [0.4, 0.5) is 0 Å². The minimum absolute atomic E-state index is 0.0126. The van der Waals surface area contributed by atoms with Gasteiger partial charge in [0, 0.05) is 19.6 Å². The number of nitrogens with one attached hydrogen (secondary N) is 1. The number of allylic oxidation sites excluding steroid dienone is 3. The molecule has 1 aromatic rings. The first-order valence-corrected chi connectivity index (χ1v) is 18.4. The molecule has 5 aliphatic carbocycles. The lowest BCUT2D eigenvalue weighted by atomic mass is 9.32. The van der Waals surface area contributed by atoms with Gasteiger partial charge in [-0.3, -0.25) is 4.79 Å². The van der Waals surface area contributed by atoms with Crippen LogP contribution < -0.4 is 5.32 Å². The summed E-state index contributed by atoms with van der Waals surface area (Å²) in [4.78, 5) is 27.8. The highest BCUT2D eigenvalue weighted by Crippen LogP contribution is 2.77. The van der Waals surface area contributed by atoms with Gasteiger partial charge in [-0.25, -0.2) is 4.79 Å². The van der Waals surface area contributed by atoms with Crippen LogP contribution in [0.3, 0.4) is 0 Å². The second kappa shape index (κ2) is 12.2. The molecule has 0 spiro atoms. The van der Waals surface area contributed by atoms with E-state index in [9.17, 15) is 19.8 Å². The summed E-state index contributed by atoms with van der Waals surface area (Å²) in [6.07, 6.45) is 14.7. The van der Waals surface area contributed by atoms with E-state index in [1.165, 1.54) is 31.3 Å². The van der Waals surface area contributed by atoms with Crippen LogP contribution in [0.25, 0.3) is 5.57 Å². The topological polar surface area (TPSA) is 89.9 Å². The highest BCUT2D eigenvalue weighted by atomic mass is 16.4. The summed E-state index contributed by atoms with van der Waals surface area (Å²) in [5, 5.41) is 22.1. The van der Waals surface area contributed by atoms with E-state index in [4.69, 9.17) is 0 Å². The average molecular weight is 645 g/mol. The molecule has 6 nitrogen and oxygen atoms in total. The molecule has 0 bridgehead atoms. The van der Waals surface area contributed by atoms with Crippen LogP contribution in [0.5, 0.6) is 0 Å². The molecule has 0 aromatic heterocycles. The van der Waals surface area contributed by atoms with E-state index in [2.05, 4.69) is 63.6 Å². The highest BCUT2D eigenvalue weighted by molar-refractivity contribution is 5.88. The normalized spacial score (nSPS) is 40.3. The number of carbonyl (C=O) groups is 2. The Morgan fingerprint density at radius 2 is 1.66 bits per heavy atom. The number of amides is 1. The van der Waals surface area contributed by atoms with Gasteiger partial charge in [-0.05, 0) is 139 Å². The van der Waals surface area contributed by atoms with E-state index in [1.54, 1.807) is 12.1 Å². The number of aromatic carboxylic acids is 1. The summed E-state index contributed by atoms with van der Waals surface area (Å²) in [6.45, 7) is 19.2. The molecule has 9 atom stereocenters. The van der Waals surface area contributed by atoms with Gasteiger partial charge >= 0.3 is 5.97 Å². The van der Waals surface area contributed by atoms with Gasteiger partial charge in [-0.1, -0.05) is 58.9 Å². The van der Waals surface area contributed by atoms with Crippen LogP contribution in [0.1, 0.15) is 108 Å². The summed E-state index contributed by atoms with van der Waals surface area (Å²) >= 11 is 0. The summed E-state index contributed by atoms with van der Waals surface area (Å²) < 4.78 is 0. The van der Waals surface area contributed by atoms with E-state index >= 15 is 0 Å². The fraction of sp³-hybridized carbons (Fsp3) is 0.707. The predicted molar refractivity (Wildman–Crippen MR) is 189 cm³/mol. The van der Waals surface area contributed by atoms with Gasteiger partial charge < -0.3 is 20.4 Å². The van der Waals surface area contributed by atoms with Crippen molar-refractivity contribution in [3.8, 4) is 0 Å². The summed E-state index contributed by atoms with van der Waals surface area (Å²) in [5.74, 6) is 1.81. The lowest BCUT2D eigenvalue weighted by Crippen LogP contribution is -2.66. The summed E-state index contributed by atoms with van der Waals surface area (Å²) in [7, 11) is 2.00. The quantitative estimate of drug-likeness (QED) is 0.240. The maximum absolute atomic E-state index is 14.2. The number of benzene rings is 1. The Labute approximate surface area is 283 Å². The van der Waals surface area contributed by atoms with Crippen molar-refractivity contribution in [2.45, 2.75) is 92.4 Å². The number of rotatable bonds is 9. The molecule has 1 aromatic carbocycles. The molecule has 3 N–H and O–H groups in total. The number of aliphatic hydroxyl groups is 1. The Balaban J connectivity index is 1.28. The van der Waals surface area contributed by atoms with E-state index in [0.29, 0.717) is 48.2 Å². The van der Waals surface area contributed by atoms with Crippen molar-refractivity contribution in [3.63, 3.8) is 0 Å². The first kappa shape index (κ1) is 34.4. The van der Waals surface area contributed by atoms with Crippen molar-refractivity contribution in [2.24, 2.45) is 56.7 Å². The van der Waals surface area contributed by atoms with Crippen LogP contribution in [0.2, 0.25) is 0 Å². The molecule has 0 unspecified atom stereocenters. The first-order valence-electron chi connectivity index (χ1n) is 18.4. The molecular formula is C41H60N2O4. The monoisotopic (exact) mass is 644 g/mol. The molecule has 5 aliphatic rings. The lowest BCUT2D eigenvalue weighted by Gasteiger charge is -2.72. The molecule has 1 amide bonds. The molecule has 47 heavy (non-hydrogen) atoms. The Hall–Kier alpha value is -2.44. The molecule has 6 heteroatoms. The van der Waals surface area contributed by atoms with Crippen molar-refractivity contribution in [3.05, 3.63) is 54.1 Å². The second-order valence-electron chi connectivity index (χ2n) is 17.5. The van der Waals surface area contributed by atoms with Gasteiger partial charge in [0.25, 0.3) is 0 Å². The van der Waals surface area contributed by atoms with Crippen LogP contribution in [0.15, 0.2) is 43.0 Å². The molecule has 4 fully saturated rings. The van der Waals surface area contributed by atoms with Crippen LogP contribution in [-0.4, -0.2) is 60.3 Å². The van der Waals surface area contributed by atoms with Crippen molar-refractivity contribution in [1.29, 1.82) is 0 Å². The standard InChI is InChI=1S/C41H60N2O4/c1-8-27-15-20-41(36(47)42-23-24-43(7)25-26-44)22-21-39(5)31(34(27)41)13-14-33-38(4)18-16-30(28-9-11-29(12-10-28)35(45)46)37(2,3)32(38)17-19-40(33,39)6/h8-12,16,27,31-34,44H,1,13-15,17-26H2,2-7H3,(H,42,47)(H,45,46)/t27-,31-,32+,33-,34-,38+,39-,40-,41+/m1/s1. The minimum Gasteiger partial charge on any atom is -0.478 e. The van der Waals surface area contributed by atoms with Gasteiger partial charge in [0.1, 0.15) is 0 Å². The van der Waals surface area contributed by atoms with Crippen LogP contribution in [0, 0.1) is 56.7 Å². The summed E-state index contributed by atoms with van der Waals surface area (Å²) in [5.41, 5.74) is 3.12. The van der Waals surface area contributed by atoms with E-state index in [1.807, 2.05) is 19.2 Å². The van der Waals surface area contributed by atoms with E-state index in [-0.39, 0.29) is 39.6 Å². The zero-order valence-corrected chi connectivity index (χ0v) is 29.9. The van der Waals surface area contributed by atoms with Gasteiger partial charge in [-0.2, -0.15) is 0 Å². The maximum Gasteiger partial charge on any atom is 0.335 e. The lowest BCUT2D eigenvalue weighted by molar-refractivity contribution is -0.224. The molecule has 6 rings (SSSR count). The summed E-state index contributed by atoms with van der Waals surface area (Å²) in [6, 6.07) is 7.52. The van der Waals surface area contributed by atoms with Crippen molar-refractivity contribution in [2.75, 3.05) is 33.3 Å². The smallest absolute Gasteiger partial charge is 0.335 e. The largest absolute Gasteiger partial charge is 0.478 e. The van der Waals surface area contributed by atoms with E-state index < -0.39 is 5.97 Å². The van der Waals surface area contributed by atoms with Crippen molar-refractivity contribution in [1.82, 2.24) is 10.2 Å². The number of fused-ring (bicyclic) bond motifs is 7. The fourth-order valence-corrected chi connectivity index (χ4v) is 13.0. The van der Waals surface area contributed by atoms with Gasteiger partial charge in [0.15, 0.2) is 0 Å². The number of hydrogen-bond donors (Lipinski definition) is 3. The fourth-order valence-electron chi connectivity index (χ4n) is 13.0. The zero-order chi connectivity index (χ0) is 34.0. The average Bonchev–Trinajstić information content (AvgIpc) is 3.41.